The lowest BCUT2D eigenvalue weighted by molar-refractivity contribution is 0.160. The van der Waals surface area contributed by atoms with Crippen LogP contribution in [0.3, 0.4) is 0 Å². The van der Waals surface area contributed by atoms with Crippen LogP contribution in [0.25, 0.3) is 11.1 Å². The van der Waals surface area contributed by atoms with Crippen LogP contribution in [0.2, 0.25) is 0 Å². The number of rotatable bonds is 5. The van der Waals surface area contributed by atoms with E-state index in [0.29, 0.717) is 36.2 Å². The van der Waals surface area contributed by atoms with Gasteiger partial charge in [-0.2, -0.15) is 0 Å². The topological polar surface area (TPSA) is 96.5 Å². The standard InChI is InChI=1S/C14H19N3O4/c1-3-10(18)6-7-15-13(19)16-9-4-5-11-12(8-9)21-14(20)17(11)2/h4-5,8,10,18H,3,6-7H2,1-2H3,(H2,15,16,19). The first-order valence-corrected chi connectivity index (χ1v) is 6.83. The number of carbonyl (C=O) groups is 1. The smallest absolute Gasteiger partial charge is 0.408 e. The van der Waals surface area contributed by atoms with Gasteiger partial charge in [-0.15, -0.1) is 0 Å². The molecule has 1 aromatic heterocycles. The minimum absolute atomic E-state index is 0.365. The first kappa shape index (κ1) is 15.1. The van der Waals surface area contributed by atoms with Gasteiger partial charge in [0, 0.05) is 25.3 Å². The van der Waals surface area contributed by atoms with Crippen molar-refractivity contribution in [3.8, 4) is 0 Å². The number of hydrogen-bond acceptors (Lipinski definition) is 4. The van der Waals surface area contributed by atoms with Crippen molar-refractivity contribution in [2.75, 3.05) is 11.9 Å². The molecule has 21 heavy (non-hydrogen) atoms. The Kier molecular flexibility index (Phi) is 4.64. The first-order valence-electron chi connectivity index (χ1n) is 6.83. The van der Waals surface area contributed by atoms with Gasteiger partial charge in [0.1, 0.15) is 0 Å². The molecule has 0 aliphatic carbocycles. The lowest BCUT2D eigenvalue weighted by Gasteiger charge is -2.10. The number of benzene rings is 1. The Hall–Kier alpha value is -2.28. The largest absolute Gasteiger partial charge is 0.419 e. The molecule has 0 radical (unpaired) electrons. The summed E-state index contributed by atoms with van der Waals surface area (Å²) in [7, 11) is 1.62. The van der Waals surface area contributed by atoms with Gasteiger partial charge in [-0.05, 0) is 25.0 Å². The Balaban J connectivity index is 1.96. The van der Waals surface area contributed by atoms with E-state index in [1.165, 1.54) is 4.57 Å². The van der Waals surface area contributed by atoms with Crippen molar-refractivity contribution in [1.29, 1.82) is 0 Å². The van der Waals surface area contributed by atoms with Crippen LogP contribution in [0, 0.1) is 0 Å². The van der Waals surface area contributed by atoms with Crippen molar-refractivity contribution in [1.82, 2.24) is 9.88 Å². The van der Waals surface area contributed by atoms with Crippen LogP contribution in [0.1, 0.15) is 19.8 Å². The fourth-order valence-electron chi connectivity index (χ4n) is 1.94. The van der Waals surface area contributed by atoms with Gasteiger partial charge in [-0.3, -0.25) is 4.57 Å². The maximum Gasteiger partial charge on any atom is 0.419 e. The zero-order valence-corrected chi connectivity index (χ0v) is 12.0. The van der Waals surface area contributed by atoms with E-state index in [9.17, 15) is 14.7 Å². The van der Waals surface area contributed by atoms with Gasteiger partial charge in [0.25, 0.3) is 0 Å². The number of nitrogens with zero attached hydrogens (tertiary/aromatic N) is 1. The molecule has 0 aliphatic rings. The summed E-state index contributed by atoms with van der Waals surface area (Å²) in [5.74, 6) is -0.444. The van der Waals surface area contributed by atoms with Crippen molar-refractivity contribution in [3.63, 3.8) is 0 Å². The van der Waals surface area contributed by atoms with Gasteiger partial charge < -0.3 is 20.2 Å². The highest BCUT2D eigenvalue weighted by Crippen LogP contribution is 2.17. The van der Waals surface area contributed by atoms with Crippen LogP contribution in [0.5, 0.6) is 0 Å². The number of aromatic nitrogens is 1. The molecule has 2 aromatic rings. The second-order valence-electron chi connectivity index (χ2n) is 4.84. The number of hydrogen-bond donors (Lipinski definition) is 3. The summed E-state index contributed by atoms with van der Waals surface area (Å²) in [5, 5.41) is 14.7. The van der Waals surface area contributed by atoms with E-state index in [1.807, 2.05) is 6.92 Å². The molecule has 2 amide bonds. The molecule has 7 nitrogen and oxygen atoms in total. The number of aryl methyl sites for hydroxylation is 1. The number of fused-ring (bicyclic) bond motifs is 1. The maximum atomic E-state index is 11.7. The van der Waals surface area contributed by atoms with Crippen LogP contribution in [-0.4, -0.2) is 28.4 Å². The summed E-state index contributed by atoms with van der Waals surface area (Å²) in [6.45, 7) is 2.27. The van der Waals surface area contributed by atoms with Crippen LogP contribution in [0.4, 0.5) is 10.5 Å². The number of anilines is 1. The predicted molar refractivity (Wildman–Crippen MR) is 79.4 cm³/mol. The highest BCUT2D eigenvalue weighted by molar-refractivity contribution is 5.91. The zero-order chi connectivity index (χ0) is 15.4. The number of aliphatic hydroxyl groups is 1. The van der Waals surface area contributed by atoms with Gasteiger partial charge >= 0.3 is 11.8 Å². The summed E-state index contributed by atoms with van der Waals surface area (Å²) in [6.07, 6.45) is 0.768. The van der Waals surface area contributed by atoms with E-state index in [4.69, 9.17) is 4.42 Å². The molecule has 3 N–H and O–H groups in total. The first-order chi connectivity index (χ1) is 10.0. The third kappa shape index (κ3) is 3.63. The molecule has 1 aromatic carbocycles. The highest BCUT2D eigenvalue weighted by atomic mass is 16.4. The Morgan fingerprint density at radius 2 is 2.24 bits per heavy atom. The molecule has 1 heterocycles. The molecular weight excluding hydrogens is 274 g/mol. The Bertz CT molecular complexity index is 689. The van der Waals surface area contributed by atoms with Crippen molar-refractivity contribution in [2.45, 2.75) is 25.9 Å². The van der Waals surface area contributed by atoms with E-state index in [0.717, 1.165) is 0 Å². The SMILES string of the molecule is CCC(O)CCNC(=O)Nc1ccc2c(c1)oc(=O)n2C. The molecule has 114 valence electrons. The average molecular weight is 293 g/mol. The number of oxazole rings is 1. The monoisotopic (exact) mass is 293 g/mol. The van der Waals surface area contributed by atoms with Gasteiger partial charge in [0.05, 0.1) is 11.6 Å². The van der Waals surface area contributed by atoms with Crippen LogP contribution < -0.4 is 16.4 Å². The van der Waals surface area contributed by atoms with E-state index in [-0.39, 0.29) is 6.03 Å². The van der Waals surface area contributed by atoms with Gasteiger partial charge in [-0.25, -0.2) is 9.59 Å². The number of carbonyl (C=O) groups excluding carboxylic acids is 1. The lowest BCUT2D eigenvalue weighted by Crippen LogP contribution is -2.31. The molecule has 0 aliphatic heterocycles. The average Bonchev–Trinajstić information content (AvgIpc) is 2.73. The van der Waals surface area contributed by atoms with Crippen molar-refractivity contribution in [3.05, 3.63) is 28.7 Å². The molecule has 1 atom stereocenters. The minimum atomic E-state index is -0.444. The van der Waals surface area contributed by atoms with Gasteiger partial charge in [0.15, 0.2) is 5.58 Å². The second-order valence-corrected chi connectivity index (χ2v) is 4.84. The van der Waals surface area contributed by atoms with Crippen LogP contribution in [0.15, 0.2) is 27.4 Å². The van der Waals surface area contributed by atoms with E-state index >= 15 is 0 Å². The van der Waals surface area contributed by atoms with E-state index < -0.39 is 11.9 Å². The Morgan fingerprint density at radius 3 is 2.95 bits per heavy atom. The van der Waals surface area contributed by atoms with Crippen LogP contribution >= 0.6 is 0 Å². The number of nitrogens with one attached hydrogen (secondary N) is 2. The third-order valence-electron chi connectivity index (χ3n) is 3.28. The Labute approximate surface area is 121 Å². The fourth-order valence-corrected chi connectivity index (χ4v) is 1.94. The van der Waals surface area contributed by atoms with E-state index in [1.54, 1.807) is 25.2 Å². The summed E-state index contributed by atoms with van der Waals surface area (Å²) < 4.78 is 6.44. The Morgan fingerprint density at radius 1 is 1.48 bits per heavy atom. The summed E-state index contributed by atoms with van der Waals surface area (Å²) >= 11 is 0. The summed E-state index contributed by atoms with van der Waals surface area (Å²) in [4.78, 5) is 23.1. The van der Waals surface area contributed by atoms with Crippen molar-refractivity contribution in [2.24, 2.45) is 7.05 Å². The number of urea groups is 1. The highest BCUT2D eigenvalue weighted by Gasteiger charge is 2.08. The molecular formula is C14H19N3O4. The van der Waals surface area contributed by atoms with Crippen molar-refractivity contribution < 1.29 is 14.3 Å². The number of aliphatic hydroxyl groups excluding tert-OH is 1. The number of amides is 2. The molecule has 0 saturated carbocycles. The predicted octanol–water partition coefficient (Wildman–Crippen LogP) is 1.41. The van der Waals surface area contributed by atoms with Crippen LogP contribution in [-0.2, 0) is 7.05 Å². The second kappa shape index (κ2) is 6.45. The zero-order valence-electron chi connectivity index (χ0n) is 12.0. The fraction of sp³-hybridized carbons (Fsp3) is 0.429. The molecule has 2 rings (SSSR count). The lowest BCUT2D eigenvalue weighted by atomic mass is 10.2. The maximum absolute atomic E-state index is 11.7. The van der Waals surface area contributed by atoms with Gasteiger partial charge in [-0.1, -0.05) is 6.92 Å². The summed E-state index contributed by atoms with van der Waals surface area (Å²) in [6, 6.07) is 4.63. The third-order valence-corrected chi connectivity index (χ3v) is 3.28. The quantitative estimate of drug-likeness (QED) is 0.776. The van der Waals surface area contributed by atoms with Crippen molar-refractivity contribution >= 4 is 22.8 Å². The molecule has 0 bridgehead atoms. The van der Waals surface area contributed by atoms with Gasteiger partial charge in [0.2, 0.25) is 0 Å². The van der Waals surface area contributed by atoms with E-state index in [2.05, 4.69) is 10.6 Å². The molecule has 0 fully saturated rings. The molecule has 0 saturated heterocycles. The molecule has 1 unspecified atom stereocenters. The molecule has 0 spiro atoms. The minimum Gasteiger partial charge on any atom is -0.408 e. The molecule has 7 heteroatoms. The summed E-state index contributed by atoms with van der Waals surface area (Å²) in [5.41, 5.74) is 1.61. The normalized spacial score (nSPS) is 12.3.